The van der Waals surface area contributed by atoms with Crippen LogP contribution in [-0.4, -0.2) is 69.9 Å². The van der Waals surface area contributed by atoms with Gasteiger partial charge in [0.15, 0.2) is 5.82 Å². The summed E-state index contributed by atoms with van der Waals surface area (Å²) in [4.78, 5) is 26.6. The lowest BCUT2D eigenvalue weighted by atomic mass is 10.0. The lowest BCUT2D eigenvalue weighted by Gasteiger charge is -2.31. The number of carbonyl (C=O) groups excluding carboxylic acids is 1. The van der Waals surface area contributed by atoms with Crippen molar-refractivity contribution in [3.8, 4) is 0 Å². The molecule has 4 rings (SSSR count). The van der Waals surface area contributed by atoms with Crippen molar-refractivity contribution in [2.24, 2.45) is 0 Å². The monoisotopic (exact) mass is 387 g/mol. The molecule has 0 radical (unpaired) electrons. The van der Waals surface area contributed by atoms with Crippen molar-refractivity contribution < 1.29 is 18.8 Å². The molecule has 0 spiro atoms. The Bertz CT molecular complexity index is 755. The van der Waals surface area contributed by atoms with E-state index in [4.69, 9.17) is 14.0 Å². The first-order valence-corrected chi connectivity index (χ1v) is 9.86. The Morgan fingerprint density at radius 3 is 2.79 bits per heavy atom. The predicted molar refractivity (Wildman–Crippen MR) is 97.7 cm³/mol. The van der Waals surface area contributed by atoms with E-state index < -0.39 is 0 Å². The highest BCUT2D eigenvalue weighted by Gasteiger charge is 2.25. The van der Waals surface area contributed by atoms with Crippen LogP contribution >= 0.6 is 0 Å². The van der Waals surface area contributed by atoms with Crippen LogP contribution in [0.25, 0.3) is 0 Å². The van der Waals surface area contributed by atoms with Crippen molar-refractivity contribution in [2.45, 2.75) is 44.1 Å². The molecular formula is C19H25N5O4. The smallest absolute Gasteiger partial charge is 0.272 e. The van der Waals surface area contributed by atoms with Gasteiger partial charge in [-0.25, -0.2) is 9.97 Å². The Morgan fingerprint density at radius 1 is 1.21 bits per heavy atom. The molecule has 0 bridgehead atoms. The van der Waals surface area contributed by atoms with Crippen LogP contribution in [0.15, 0.2) is 23.1 Å². The molecule has 2 aromatic heterocycles. The Labute approximate surface area is 163 Å². The number of hydrogen-bond donors (Lipinski definition) is 0. The van der Waals surface area contributed by atoms with E-state index in [1.807, 2.05) is 4.90 Å². The van der Waals surface area contributed by atoms with Crippen LogP contribution in [0.5, 0.6) is 0 Å². The molecule has 0 aromatic carbocycles. The number of ether oxygens (including phenoxy) is 2. The van der Waals surface area contributed by atoms with Crippen LogP contribution in [0, 0.1) is 0 Å². The van der Waals surface area contributed by atoms with E-state index in [1.165, 1.54) is 6.33 Å². The second kappa shape index (κ2) is 9.20. The molecule has 0 unspecified atom stereocenters. The average molecular weight is 387 g/mol. The number of aromatic nitrogens is 4. The van der Waals surface area contributed by atoms with E-state index in [1.54, 1.807) is 12.3 Å². The van der Waals surface area contributed by atoms with Gasteiger partial charge in [-0.15, -0.1) is 0 Å². The lowest BCUT2D eigenvalue weighted by Crippen LogP contribution is -2.41. The summed E-state index contributed by atoms with van der Waals surface area (Å²) < 4.78 is 16.7. The summed E-state index contributed by atoms with van der Waals surface area (Å²) in [6.07, 6.45) is 7.26. The van der Waals surface area contributed by atoms with E-state index in [0.717, 1.165) is 44.8 Å². The summed E-state index contributed by atoms with van der Waals surface area (Å²) >= 11 is 0. The van der Waals surface area contributed by atoms with E-state index in [-0.39, 0.29) is 12.0 Å². The van der Waals surface area contributed by atoms with Gasteiger partial charge in [0, 0.05) is 44.8 Å². The molecular weight excluding hydrogens is 362 g/mol. The summed E-state index contributed by atoms with van der Waals surface area (Å²) in [5.74, 6) is 1.67. The molecule has 2 saturated heterocycles. The molecule has 2 aliphatic heterocycles. The van der Waals surface area contributed by atoms with E-state index in [2.05, 4.69) is 20.1 Å². The zero-order chi connectivity index (χ0) is 19.2. The topological polar surface area (TPSA) is 103 Å². The van der Waals surface area contributed by atoms with Gasteiger partial charge in [-0.2, -0.15) is 4.98 Å². The summed E-state index contributed by atoms with van der Waals surface area (Å²) in [5.41, 5.74) is 0.437. The molecule has 4 heterocycles. The van der Waals surface area contributed by atoms with Crippen molar-refractivity contribution in [1.82, 2.24) is 25.0 Å². The second-order valence-corrected chi connectivity index (χ2v) is 7.14. The summed E-state index contributed by atoms with van der Waals surface area (Å²) in [5, 5.41) is 4.07. The van der Waals surface area contributed by atoms with Gasteiger partial charge >= 0.3 is 0 Å². The Kier molecular flexibility index (Phi) is 6.23. The molecule has 2 aromatic rings. The Morgan fingerprint density at radius 2 is 2.04 bits per heavy atom. The normalized spacial score (nSPS) is 19.1. The van der Waals surface area contributed by atoms with Crippen molar-refractivity contribution in [3.63, 3.8) is 0 Å². The maximum atomic E-state index is 12.4. The van der Waals surface area contributed by atoms with Crippen molar-refractivity contribution >= 4 is 5.91 Å². The second-order valence-electron chi connectivity index (χ2n) is 7.14. The zero-order valence-electron chi connectivity index (χ0n) is 15.8. The number of likely N-dealkylation sites (tertiary alicyclic amines) is 1. The van der Waals surface area contributed by atoms with Gasteiger partial charge in [0.05, 0.1) is 12.7 Å². The van der Waals surface area contributed by atoms with Crippen LogP contribution in [0.1, 0.15) is 53.8 Å². The summed E-state index contributed by atoms with van der Waals surface area (Å²) in [7, 11) is 0. The first-order valence-electron chi connectivity index (χ1n) is 9.86. The highest BCUT2D eigenvalue weighted by atomic mass is 16.5. The Hall–Kier alpha value is -2.39. The van der Waals surface area contributed by atoms with E-state index in [9.17, 15) is 4.79 Å². The molecule has 9 heteroatoms. The number of hydrogen-bond acceptors (Lipinski definition) is 8. The molecule has 9 nitrogen and oxygen atoms in total. The standard InChI is InChI=1S/C19H25N5O4/c25-19(16-1-7-20-13-21-16)24-8-2-15(3-9-24)27-12-6-17-22-18(28-23-17)14-4-10-26-11-5-14/h1,7,13-15H,2-6,8-12H2. The van der Waals surface area contributed by atoms with Crippen LogP contribution in [0.2, 0.25) is 0 Å². The van der Waals surface area contributed by atoms with Gasteiger partial charge in [-0.3, -0.25) is 4.79 Å². The van der Waals surface area contributed by atoms with Crippen LogP contribution < -0.4 is 0 Å². The number of carbonyl (C=O) groups is 1. The van der Waals surface area contributed by atoms with Gasteiger partial charge in [0.2, 0.25) is 5.89 Å². The molecule has 2 fully saturated rings. The minimum atomic E-state index is -0.0479. The van der Waals surface area contributed by atoms with Crippen LogP contribution in [0.4, 0.5) is 0 Å². The molecule has 0 saturated carbocycles. The third-order valence-electron chi connectivity index (χ3n) is 5.26. The third kappa shape index (κ3) is 4.71. The third-order valence-corrected chi connectivity index (χ3v) is 5.26. The number of nitrogens with zero attached hydrogens (tertiary/aromatic N) is 5. The fourth-order valence-electron chi connectivity index (χ4n) is 3.60. The first-order chi connectivity index (χ1) is 13.8. The van der Waals surface area contributed by atoms with Crippen LogP contribution in [-0.2, 0) is 15.9 Å². The lowest BCUT2D eigenvalue weighted by molar-refractivity contribution is 0.00930. The van der Waals surface area contributed by atoms with Gasteiger partial charge in [-0.05, 0) is 31.7 Å². The van der Waals surface area contributed by atoms with Crippen molar-refractivity contribution in [1.29, 1.82) is 0 Å². The maximum absolute atomic E-state index is 12.4. The van der Waals surface area contributed by atoms with Crippen LogP contribution in [0.3, 0.4) is 0 Å². The summed E-state index contributed by atoms with van der Waals surface area (Å²) in [6, 6.07) is 1.64. The highest BCUT2D eigenvalue weighted by Crippen LogP contribution is 2.25. The van der Waals surface area contributed by atoms with Crippen molar-refractivity contribution in [2.75, 3.05) is 32.9 Å². The van der Waals surface area contributed by atoms with E-state index in [0.29, 0.717) is 43.6 Å². The number of amides is 1. The fraction of sp³-hybridized carbons (Fsp3) is 0.632. The average Bonchev–Trinajstić information content (AvgIpc) is 3.24. The molecule has 2 aliphatic rings. The first kappa shape index (κ1) is 18.9. The SMILES string of the molecule is O=C(c1ccncn1)N1CCC(OCCc2noc(C3CCOCC3)n2)CC1. The quantitative estimate of drug-likeness (QED) is 0.736. The van der Waals surface area contributed by atoms with E-state index >= 15 is 0 Å². The predicted octanol–water partition coefficient (Wildman–Crippen LogP) is 1.62. The minimum absolute atomic E-state index is 0.0479. The zero-order valence-corrected chi connectivity index (χ0v) is 15.8. The fourth-order valence-corrected chi connectivity index (χ4v) is 3.60. The number of piperidine rings is 1. The molecule has 0 aliphatic carbocycles. The molecule has 0 atom stereocenters. The maximum Gasteiger partial charge on any atom is 0.272 e. The number of rotatable bonds is 6. The van der Waals surface area contributed by atoms with Gasteiger partial charge in [-0.1, -0.05) is 5.16 Å². The molecule has 0 N–H and O–H groups in total. The van der Waals surface area contributed by atoms with Gasteiger partial charge < -0.3 is 18.9 Å². The molecule has 150 valence electrons. The van der Waals surface area contributed by atoms with Gasteiger partial charge in [0.1, 0.15) is 12.0 Å². The Balaban J connectivity index is 1.18. The highest BCUT2D eigenvalue weighted by molar-refractivity contribution is 5.92. The molecule has 1 amide bonds. The molecule has 28 heavy (non-hydrogen) atoms. The van der Waals surface area contributed by atoms with Gasteiger partial charge in [0.25, 0.3) is 5.91 Å². The summed E-state index contributed by atoms with van der Waals surface area (Å²) in [6.45, 7) is 3.40. The minimum Gasteiger partial charge on any atom is -0.381 e. The largest absolute Gasteiger partial charge is 0.381 e. The van der Waals surface area contributed by atoms with Crippen molar-refractivity contribution in [3.05, 3.63) is 36.0 Å².